The summed E-state index contributed by atoms with van der Waals surface area (Å²) in [5, 5.41) is 15.7. The molecule has 0 heterocycles. The smallest absolute Gasteiger partial charge is 0.281 e. The van der Waals surface area contributed by atoms with Crippen LogP contribution in [0.15, 0.2) is 119 Å². The summed E-state index contributed by atoms with van der Waals surface area (Å²) < 4.78 is 12.8. The fourth-order valence-corrected chi connectivity index (χ4v) is 4.42. The fourth-order valence-electron chi connectivity index (χ4n) is 4.15. The van der Waals surface area contributed by atoms with Crippen LogP contribution in [-0.4, -0.2) is 24.3 Å². The molecule has 0 atom stereocenters. The molecule has 6 nitrogen and oxygen atoms in total. The highest BCUT2D eigenvalue weighted by Gasteiger charge is 2.39. The highest BCUT2D eigenvalue weighted by molar-refractivity contribution is 9.10. The van der Waals surface area contributed by atoms with Crippen LogP contribution in [0.5, 0.6) is 11.5 Å². The molecule has 0 aromatic heterocycles. The molecule has 0 aliphatic carbocycles. The third-order valence-corrected chi connectivity index (χ3v) is 6.65. The summed E-state index contributed by atoms with van der Waals surface area (Å²) >= 11 is 3.44. The van der Waals surface area contributed by atoms with Gasteiger partial charge < -0.3 is 14.6 Å². The Bertz CT molecular complexity index is 1400. The maximum atomic E-state index is 13.3. The molecule has 0 fully saturated rings. The Morgan fingerprint density at radius 1 is 1.00 bits per heavy atom. The second-order valence-electron chi connectivity index (χ2n) is 8.76. The summed E-state index contributed by atoms with van der Waals surface area (Å²) in [5.41, 5.74) is 4.02. The Labute approximate surface area is 236 Å². The normalized spacial score (nSPS) is 11.3. The fraction of sp³-hybridized carbons (Fsp3) is 0.125. The Kier molecular flexibility index (Phi) is 9.31. The highest BCUT2D eigenvalue weighted by Crippen LogP contribution is 2.34. The lowest BCUT2D eigenvalue weighted by atomic mass is 9.85. The van der Waals surface area contributed by atoms with Gasteiger partial charge in [0.15, 0.2) is 17.1 Å². The van der Waals surface area contributed by atoms with Gasteiger partial charge in [0, 0.05) is 10.0 Å². The second-order valence-corrected chi connectivity index (χ2v) is 9.68. The molecule has 0 radical (unpaired) electrons. The first-order valence-corrected chi connectivity index (χ1v) is 13.1. The molecule has 0 unspecified atom stereocenters. The predicted octanol–water partition coefficient (Wildman–Crippen LogP) is 6.15. The Hall–Kier alpha value is -4.20. The molecule has 198 valence electrons. The molecule has 4 aromatic carbocycles. The van der Waals surface area contributed by atoms with E-state index < -0.39 is 11.5 Å². The van der Waals surface area contributed by atoms with Crippen LogP contribution in [-0.2, 0) is 23.4 Å². The van der Waals surface area contributed by atoms with Crippen molar-refractivity contribution >= 4 is 28.1 Å². The summed E-state index contributed by atoms with van der Waals surface area (Å²) in [7, 11) is 1.57. The number of rotatable bonds is 11. The van der Waals surface area contributed by atoms with Crippen molar-refractivity contribution in [3.63, 3.8) is 0 Å². The molecule has 1 amide bonds. The van der Waals surface area contributed by atoms with Gasteiger partial charge in [-0.05, 0) is 52.9 Å². The van der Waals surface area contributed by atoms with Crippen molar-refractivity contribution in [2.24, 2.45) is 5.10 Å². The van der Waals surface area contributed by atoms with Crippen molar-refractivity contribution in [1.29, 1.82) is 0 Å². The van der Waals surface area contributed by atoms with Gasteiger partial charge >= 0.3 is 0 Å². The number of nitrogens with zero attached hydrogens (tertiary/aromatic N) is 1. The van der Waals surface area contributed by atoms with Crippen molar-refractivity contribution < 1.29 is 19.4 Å². The molecular weight excluding hydrogens is 556 g/mol. The number of nitrogens with one attached hydrogen (secondary N) is 1. The standard InChI is InChI=1S/C32H29BrN2O4/c1-3-10-25-19-24(20-29(38-2)30(25)39-22-23-15-17-28(33)18-16-23)21-34-35-31(36)32(37,26-11-6-4-7-12-26)27-13-8-5-9-14-27/h3-9,11-21,37H,1,10,22H2,2H3,(H,35,36)/b34-21-. The number of carbonyl (C=O) groups is 1. The number of amides is 1. The number of hydrazone groups is 1. The summed E-state index contributed by atoms with van der Waals surface area (Å²) in [6.45, 7) is 4.23. The maximum absolute atomic E-state index is 13.3. The van der Waals surface area contributed by atoms with Crippen LogP contribution in [0.25, 0.3) is 0 Å². The molecule has 0 spiro atoms. The lowest BCUT2D eigenvalue weighted by Gasteiger charge is -2.27. The predicted molar refractivity (Wildman–Crippen MR) is 157 cm³/mol. The van der Waals surface area contributed by atoms with E-state index in [0.717, 1.165) is 15.6 Å². The number of hydrogen-bond acceptors (Lipinski definition) is 5. The number of halogens is 1. The van der Waals surface area contributed by atoms with E-state index in [2.05, 4.69) is 33.0 Å². The molecule has 39 heavy (non-hydrogen) atoms. The minimum Gasteiger partial charge on any atom is -0.493 e. The zero-order valence-corrected chi connectivity index (χ0v) is 23.1. The van der Waals surface area contributed by atoms with Gasteiger partial charge in [-0.1, -0.05) is 94.8 Å². The van der Waals surface area contributed by atoms with E-state index in [4.69, 9.17) is 9.47 Å². The maximum Gasteiger partial charge on any atom is 0.281 e. The first kappa shape index (κ1) is 27.8. The van der Waals surface area contributed by atoms with Gasteiger partial charge in [-0.15, -0.1) is 6.58 Å². The molecule has 4 aromatic rings. The molecular formula is C32H29BrN2O4. The van der Waals surface area contributed by atoms with Gasteiger partial charge in [0.2, 0.25) is 0 Å². The first-order chi connectivity index (χ1) is 19.0. The number of carbonyl (C=O) groups excluding carboxylic acids is 1. The second kappa shape index (κ2) is 13.0. The molecule has 7 heteroatoms. The number of allylic oxidation sites excluding steroid dienone is 1. The number of hydrogen-bond donors (Lipinski definition) is 2. The number of aliphatic hydroxyl groups is 1. The van der Waals surface area contributed by atoms with Crippen LogP contribution in [0.2, 0.25) is 0 Å². The van der Waals surface area contributed by atoms with Gasteiger partial charge in [0.25, 0.3) is 5.91 Å². The number of ether oxygens (including phenoxy) is 2. The third-order valence-electron chi connectivity index (χ3n) is 6.13. The molecule has 0 aliphatic heterocycles. The topological polar surface area (TPSA) is 80.2 Å². The van der Waals surface area contributed by atoms with Crippen LogP contribution in [0.3, 0.4) is 0 Å². The van der Waals surface area contributed by atoms with Gasteiger partial charge in [0.05, 0.1) is 13.3 Å². The summed E-state index contributed by atoms with van der Waals surface area (Å²) in [6, 6.07) is 29.1. The minimum absolute atomic E-state index is 0.370. The van der Waals surface area contributed by atoms with Crippen LogP contribution in [0.4, 0.5) is 0 Å². The number of methoxy groups -OCH3 is 1. The van der Waals surface area contributed by atoms with Gasteiger partial charge in [-0.25, -0.2) is 5.43 Å². The molecule has 0 saturated carbocycles. The van der Waals surface area contributed by atoms with Gasteiger partial charge in [-0.3, -0.25) is 4.79 Å². The van der Waals surface area contributed by atoms with E-state index in [0.29, 0.717) is 41.2 Å². The van der Waals surface area contributed by atoms with Crippen LogP contribution >= 0.6 is 15.9 Å². The first-order valence-electron chi connectivity index (χ1n) is 12.3. The van der Waals surface area contributed by atoms with Gasteiger partial charge in [0.1, 0.15) is 6.61 Å². The van der Waals surface area contributed by atoms with Crippen LogP contribution in [0.1, 0.15) is 27.8 Å². The summed E-state index contributed by atoms with van der Waals surface area (Å²) in [5.74, 6) is 0.470. The SMILES string of the molecule is C=CCc1cc(/C=N\NC(=O)C(O)(c2ccccc2)c2ccccc2)cc(OC)c1OCc1ccc(Br)cc1. The number of benzene rings is 4. The summed E-state index contributed by atoms with van der Waals surface area (Å²) in [6.07, 6.45) is 3.83. The van der Waals surface area contributed by atoms with E-state index >= 15 is 0 Å². The zero-order valence-electron chi connectivity index (χ0n) is 21.5. The highest BCUT2D eigenvalue weighted by atomic mass is 79.9. The van der Waals surface area contributed by atoms with Crippen molar-refractivity contribution in [1.82, 2.24) is 5.43 Å². The minimum atomic E-state index is -1.92. The third kappa shape index (κ3) is 6.63. The average Bonchev–Trinajstić information content (AvgIpc) is 2.97. The van der Waals surface area contributed by atoms with E-state index in [9.17, 15) is 9.90 Å². The van der Waals surface area contributed by atoms with Crippen molar-refractivity contribution in [2.45, 2.75) is 18.6 Å². The zero-order chi connectivity index (χ0) is 27.7. The van der Waals surface area contributed by atoms with E-state index in [-0.39, 0.29) is 0 Å². The molecule has 0 saturated heterocycles. The van der Waals surface area contributed by atoms with Crippen molar-refractivity contribution in [3.05, 3.63) is 142 Å². The van der Waals surface area contributed by atoms with Crippen LogP contribution < -0.4 is 14.9 Å². The lowest BCUT2D eigenvalue weighted by Crippen LogP contribution is -2.43. The average molecular weight is 585 g/mol. The van der Waals surface area contributed by atoms with E-state index in [1.54, 1.807) is 67.8 Å². The Morgan fingerprint density at radius 3 is 2.18 bits per heavy atom. The Balaban J connectivity index is 1.57. The monoisotopic (exact) mass is 584 g/mol. The van der Waals surface area contributed by atoms with Gasteiger partial charge in [-0.2, -0.15) is 5.10 Å². The molecule has 0 bridgehead atoms. The molecule has 2 N–H and O–H groups in total. The summed E-state index contributed by atoms with van der Waals surface area (Å²) in [4.78, 5) is 13.3. The van der Waals surface area contributed by atoms with Crippen LogP contribution in [0, 0.1) is 0 Å². The lowest BCUT2D eigenvalue weighted by molar-refractivity contribution is -0.136. The van der Waals surface area contributed by atoms with E-state index in [1.807, 2.05) is 42.5 Å². The van der Waals surface area contributed by atoms with E-state index in [1.165, 1.54) is 6.21 Å². The molecule has 4 rings (SSSR count). The van der Waals surface area contributed by atoms with Crippen molar-refractivity contribution in [2.75, 3.05) is 7.11 Å². The van der Waals surface area contributed by atoms with Crippen molar-refractivity contribution in [3.8, 4) is 11.5 Å². The largest absolute Gasteiger partial charge is 0.493 e. The Morgan fingerprint density at radius 2 is 1.62 bits per heavy atom. The molecule has 0 aliphatic rings. The quantitative estimate of drug-likeness (QED) is 0.126.